The smallest absolute Gasteiger partial charge is 0.257 e. The maximum Gasteiger partial charge on any atom is 0.257 e. The lowest BCUT2D eigenvalue weighted by Crippen LogP contribution is -2.45. The summed E-state index contributed by atoms with van der Waals surface area (Å²) in [4.78, 5) is 14.1. The van der Waals surface area contributed by atoms with Gasteiger partial charge in [0.1, 0.15) is 5.82 Å². The summed E-state index contributed by atoms with van der Waals surface area (Å²) in [5.41, 5.74) is 4.85. The molecule has 0 spiro atoms. The van der Waals surface area contributed by atoms with E-state index in [1.807, 2.05) is 0 Å². The minimum Gasteiger partial charge on any atom is -0.396 e. The van der Waals surface area contributed by atoms with E-state index in [-0.39, 0.29) is 11.3 Å². The number of likely N-dealkylation sites (tertiary alicyclic amines) is 1. The molecule has 21 heavy (non-hydrogen) atoms. The highest BCUT2D eigenvalue weighted by Crippen LogP contribution is 2.36. The van der Waals surface area contributed by atoms with Crippen LogP contribution in [0.4, 0.5) is 14.5 Å². The first-order chi connectivity index (χ1) is 10.1. The molecule has 1 saturated heterocycles. The van der Waals surface area contributed by atoms with Gasteiger partial charge in [0.2, 0.25) is 0 Å². The number of rotatable bonds is 1. The predicted molar refractivity (Wildman–Crippen MR) is 76.7 cm³/mol. The number of carbonyl (C=O) groups is 1. The Labute approximate surface area is 123 Å². The monoisotopic (exact) mass is 294 g/mol. The van der Waals surface area contributed by atoms with Gasteiger partial charge in [0.25, 0.3) is 5.91 Å². The van der Waals surface area contributed by atoms with Crippen LogP contribution in [0.25, 0.3) is 0 Å². The lowest BCUT2D eigenvalue weighted by Gasteiger charge is -2.41. The molecule has 2 unspecified atom stereocenters. The molecule has 2 fully saturated rings. The Balaban J connectivity index is 1.79. The summed E-state index contributed by atoms with van der Waals surface area (Å²) in [6.45, 7) is 1.27. The van der Waals surface area contributed by atoms with E-state index in [0.29, 0.717) is 24.9 Å². The van der Waals surface area contributed by atoms with Crippen LogP contribution in [0.1, 0.15) is 42.5 Å². The van der Waals surface area contributed by atoms with E-state index in [9.17, 15) is 13.6 Å². The van der Waals surface area contributed by atoms with Crippen molar-refractivity contribution in [2.45, 2.75) is 32.1 Å². The fraction of sp³-hybridized carbons (Fsp3) is 0.562. The van der Waals surface area contributed by atoms with E-state index in [4.69, 9.17) is 5.73 Å². The number of fused-ring (bicyclic) bond motifs is 1. The number of amides is 1. The summed E-state index contributed by atoms with van der Waals surface area (Å²) in [6, 6.07) is 1.85. The molecule has 3 nitrogen and oxygen atoms in total. The van der Waals surface area contributed by atoms with Crippen molar-refractivity contribution in [1.82, 2.24) is 4.90 Å². The van der Waals surface area contributed by atoms with E-state index in [2.05, 4.69) is 0 Å². The molecule has 1 aromatic carbocycles. The van der Waals surface area contributed by atoms with E-state index < -0.39 is 17.5 Å². The van der Waals surface area contributed by atoms with Crippen LogP contribution in [0.5, 0.6) is 0 Å². The molecular formula is C16H20F2N2O. The number of hydrogen-bond acceptors (Lipinski definition) is 2. The summed E-state index contributed by atoms with van der Waals surface area (Å²) in [6.07, 6.45) is 5.79. The molecule has 1 heterocycles. The second kappa shape index (κ2) is 5.62. The van der Waals surface area contributed by atoms with Crippen LogP contribution < -0.4 is 5.73 Å². The number of anilines is 1. The molecule has 0 aromatic heterocycles. The number of hydrogen-bond donors (Lipinski definition) is 1. The van der Waals surface area contributed by atoms with Crippen LogP contribution in [-0.2, 0) is 0 Å². The zero-order chi connectivity index (χ0) is 15.0. The van der Waals surface area contributed by atoms with Crippen molar-refractivity contribution in [1.29, 1.82) is 0 Å². The van der Waals surface area contributed by atoms with Crippen molar-refractivity contribution in [2.24, 2.45) is 11.8 Å². The second-order valence-electron chi connectivity index (χ2n) is 6.20. The Morgan fingerprint density at radius 1 is 1.14 bits per heavy atom. The minimum atomic E-state index is -0.813. The summed E-state index contributed by atoms with van der Waals surface area (Å²) < 4.78 is 27.4. The number of nitrogens with two attached hydrogens (primary N) is 1. The molecule has 5 heteroatoms. The standard InChI is InChI=1S/C16H20F2N2O/c17-12-7-13(15(18)14(19)8-12)16(21)20-6-5-10-3-1-2-4-11(10)9-20/h7-8,10-11H,1-6,9,19H2. The fourth-order valence-electron chi connectivity index (χ4n) is 3.72. The van der Waals surface area contributed by atoms with Crippen molar-refractivity contribution >= 4 is 11.6 Å². The molecular weight excluding hydrogens is 274 g/mol. The number of nitrogens with zero attached hydrogens (tertiary/aromatic N) is 1. The molecule has 1 saturated carbocycles. The van der Waals surface area contributed by atoms with Crippen molar-refractivity contribution in [3.8, 4) is 0 Å². The zero-order valence-electron chi connectivity index (χ0n) is 11.9. The Morgan fingerprint density at radius 3 is 2.62 bits per heavy atom. The predicted octanol–water partition coefficient (Wildman–Crippen LogP) is 3.20. The van der Waals surface area contributed by atoms with E-state index in [0.717, 1.165) is 25.0 Å². The van der Waals surface area contributed by atoms with Gasteiger partial charge in [-0.3, -0.25) is 4.79 Å². The lowest BCUT2D eigenvalue weighted by atomic mass is 9.75. The molecule has 2 N–H and O–H groups in total. The third-order valence-electron chi connectivity index (χ3n) is 4.87. The summed E-state index contributed by atoms with van der Waals surface area (Å²) in [5.74, 6) is -0.740. The molecule has 1 amide bonds. The molecule has 3 rings (SSSR count). The topological polar surface area (TPSA) is 46.3 Å². The maximum absolute atomic E-state index is 14.0. The Kier molecular flexibility index (Phi) is 3.83. The van der Waals surface area contributed by atoms with Gasteiger partial charge in [-0.05, 0) is 36.8 Å². The maximum atomic E-state index is 14.0. The molecule has 2 atom stereocenters. The van der Waals surface area contributed by atoms with Gasteiger partial charge >= 0.3 is 0 Å². The highest BCUT2D eigenvalue weighted by Gasteiger charge is 2.34. The quantitative estimate of drug-likeness (QED) is 0.808. The highest BCUT2D eigenvalue weighted by atomic mass is 19.1. The SMILES string of the molecule is Nc1cc(F)cc(C(=O)N2CCC3CCCCC3C2)c1F. The van der Waals surface area contributed by atoms with Gasteiger partial charge in [-0.2, -0.15) is 0 Å². The first-order valence-electron chi connectivity index (χ1n) is 7.60. The van der Waals surface area contributed by atoms with Gasteiger partial charge in [0, 0.05) is 13.1 Å². The first-order valence-corrected chi connectivity index (χ1v) is 7.60. The fourth-order valence-corrected chi connectivity index (χ4v) is 3.72. The number of carbonyl (C=O) groups excluding carboxylic acids is 1. The van der Waals surface area contributed by atoms with Crippen LogP contribution >= 0.6 is 0 Å². The van der Waals surface area contributed by atoms with Crippen LogP contribution in [-0.4, -0.2) is 23.9 Å². The lowest BCUT2D eigenvalue weighted by molar-refractivity contribution is 0.0516. The molecule has 1 aromatic rings. The third kappa shape index (κ3) is 2.74. The van der Waals surface area contributed by atoms with Gasteiger partial charge in [0.15, 0.2) is 5.82 Å². The van der Waals surface area contributed by atoms with Gasteiger partial charge < -0.3 is 10.6 Å². The van der Waals surface area contributed by atoms with E-state index in [1.54, 1.807) is 4.90 Å². The number of benzene rings is 1. The zero-order valence-corrected chi connectivity index (χ0v) is 11.9. The van der Waals surface area contributed by atoms with Crippen molar-refractivity contribution in [3.63, 3.8) is 0 Å². The Hall–Kier alpha value is -1.65. The number of halogens is 2. The van der Waals surface area contributed by atoms with Crippen molar-refractivity contribution in [3.05, 3.63) is 29.3 Å². The van der Waals surface area contributed by atoms with Gasteiger partial charge in [-0.15, -0.1) is 0 Å². The van der Waals surface area contributed by atoms with Gasteiger partial charge in [0.05, 0.1) is 11.3 Å². The Morgan fingerprint density at radius 2 is 1.86 bits per heavy atom. The van der Waals surface area contributed by atoms with Crippen molar-refractivity contribution in [2.75, 3.05) is 18.8 Å². The van der Waals surface area contributed by atoms with E-state index >= 15 is 0 Å². The largest absolute Gasteiger partial charge is 0.396 e. The van der Waals surface area contributed by atoms with E-state index in [1.165, 1.54) is 19.3 Å². The van der Waals surface area contributed by atoms with Crippen LogP contribution in [0.2, 0.25) is 0 Å². The molecule has 2 aliphatic rings. The summed E-state index contributed by atoms with van der Waals surface area (Å²) in [5, 5.41) is 0. The number of piperidine rings is 1. The number of nitrogen functional groups attached to an aromatic ring is 1. The molecule has 1 aliphatic carbocycles. The minimum absolute atomic E-state index is 0.248. The first kappa shape index (κ1) is 14.3. The molecule has 0 bridgehead atoms. The summed E-state index contributed by atoms with van der Waals surface area (Å²) in [7, 11) is 0. The van der Waals surface area contributed by atoms with Crippen molar-refractivity contribution < 1.29 is 13.6 Å². The van der Waals surface area contributed by atoms with Gasteiger partial charge in [-0.25, -0.2) is 8.78 Å². The van der Waals surface area contributed by atoms with Gasteiger partial charge in [-0.1, -0.05) is 19.3 Å². The molecule has 114 valence electrons. The van der Waals surface area contributed by atoms with Crippen LogP contribution in [0.15, 0.2) is 12.1 Å². The normalized spacial score (nSPS) is 25.5. The highest BCUT2D eigenvalue weighted by molar-refractivity contribution is 5.95. The molecule has 1 aliphatic heterocycles. The van der Waals surface area contributed by atoms with Crippen LogP contribution in [0, 0.1) is 23.5 Å². The molecule has 0 radical (unpaired) electrons. The average Bonchev–Trinajstić information content (AvgIpc) is 2.49. The Bertz CT molecular complexity index is 561. The summed E-state index contributed by atoms with van der Waals surface area (Å²) >= 11 is 0. The second-order valence-corrected chi connectivity index (χ2v) is 6.20. The average molecular weight is 294 g/mol. The third-order valence-corrected chi connectivity index (χ3v) is 4.87. The van der Waals surface area contributed by atoms with Crippen LogP contribution in [0.3, 0.4) is 0 Å².